The zero-order chi connectivity index (χ0) is 21.5. The molecule has 1 saturated carbocycles. The van der Waals surface area contributed by atoms with Gasteiger partial charge in [-0.25, -0.2) is 23.4 Å². The molecule has 2 aliphatic rings. The molecule has 1 aromatic carbocycles. The lowest BCUT2D eigenvalue weighted by Gasteiger charge is -2.38. The SMILES string of the molecule is Cc1cc(N2C[C@H]3CC[C@@H](C2)[C@@H]3Nc2nc(Oc3cc(F)cc(F)c3)n(C)n2)ncn1. The molecule has 0 radical (unpaired) electrons. The van der Waals surface area contributed by atoms with Crippen molar-refractivity contribution in [2.75, 3.05) is 23.3 Å². The van der Waals surface area contributed by atoms with Crippen LogP contribution in [0.15, 0.2) is 30.6 Å². The quantitative estimate of drug-likeness (QED) is 0.669. The fourth-order valence-corrected chi connectivity index (χ4v) is 4.62. The fraction of sp³-hybridized carbons (Fsp3) is 0.429. The van der Waals surface area contributed by atoms with E-state index in [-0.39, 0.29) is 17.8 Å². The van der Waals surface area contributed by atoms with Gasteiger partial charge in [0.2, 0.25) is 5.95 Å². The standard InChI is InChI=1S/C21H23F2N7O/c1-12-5-18(25-11-24-12)30-9-13-3-4-14(10-30)19(13)26-20-27-21(29(2)28-20)31-17-7-15(22)6-16(23)8-17/h5-8,11,13-14,19H,3-4,9-10H2,1-2H3,(H,26,28)/t13-,14+,19-. The molecule has 1 saturated heterocycles. The average molecular weight is 427 g/mol. The number of nitrogens with zero attached hydrogens (tertiary/aromatic N) is 6. The van der Waals surface area contributed by atoms with Gasteiger partial charge >= 0.3 is 6.01 Å². The van der Waals surface area contributed by atoms with E-state index < -0.39 is 11.6 Å². The zero-order valence-electron chi connectivity index (χ0n) is 17.3. The number of anilines is 2. The number of aromatic nitrogens is 5. The molecular formula is C21H23F2N7O. The van der Waals surface area contributed by atoms with Gasteiger partial charge in [0.25, 0.3) is 0 Å². The molecule has 10 heteroatoms. The van der Waals surface area contributed by atoms with Crippen molar-refractivity contribution in [3.8, 4) is 11.8 Å². The summed E-state index contributed by atoms with van der Waals surface area (Å²) in [5.41, 5.74) is 0.959. The first-order valence-electron chi connectivity index (χ1n) is 10.3. The molecule has 162 valence electrons. The van der Waals surface area contributed by atoms with Crippen LogP contribution >= 0.6 is 0 Å². The second kappa shape index (κ2) is 7.75. The summed E-state index contributed by atoms with van der Waals surface area (Å²) in [6.45, 7) is 3.78. The molecule has 3 heterocycles. The molecule has 0 unspecified atom stereocenters. The summed E-state index contributed by atoms with van der Waals surface area (Å²) >= 11 is 0. The van der Waals surface area contributed by atoms with Crippen molar-refractivity contribution in [2.45, 2.75) is 25.8 Å². The summed E-state index contributed by atoms with van der Waals surface area (Å²) in [5.74, 6) is 0.919. The van der Waals surface area contributed by atoms with E-state index in [1.807, 2.05) is 13.0 Å². The minimum atomic E-state index is -0.710. The van der Waals surface area contributed by atoms with Gasteiger partial charge in [-0.1, -0.05) is 0 Å². The Balaban J connectivity index is 1.28. The van der Waals surface area contributed by atoms with Crippen molar-refractivity contribution in [2.24, 2.45) is 18.9 Å². The van der Waals surface area contributed by atoms with Crippen LogP contribution in [-0.4, -0.2) is 43.9 Å². The topological polar surface area (TPSA) is 81.0 Å². The van der Waals surface area contributed by atoms with Crippen LogP contribution < -0.4 is 15.0 Å². The van der Waals surface area contributed by atoms with Gasteiger partial charge in [0.1, 0.15) is 29.5 Å². The van der Waals surface area contributed by atoms with Crippen molar-refractivity contribution in [3.05, 3.63) is 47.9 Å². The molecule has 2 fully saturated rings. The highest BCUT2D eigenvalue weighted by Crippen LogP contribution is 2.39. The lowest BCUT2D eigenvalue weighted by Crippen LogP contribution is -2.48. The Labute approximate surface area is 178 Å². The zero-order valence-corrected chi connectivity index (χ0v) is 17.3. The Kier molecular flexibility index (Phi) is 4.91. The molecule has 31 heavy (non-hydrogen) atoms. The van der Waals surface area contributed by atoms with Crippen LogP contribution in [0.1, 0.15) is 18.5 Å². The number of hydrogen-bond acceptors (Lipinski definition) is 7. The first-order valence-corrected chi connectivity index (χ1v) is 10.3. The van der Waals surface area contributed by atoms with Crippen molar-refractivity contribution in [1.82, 2.24) is 24.7 Å². The molecule has 0 amide bonds. The van der Waals surface area contributed by atoms with Crippen molar-refractivity contribution in [3.63, 3.8) is 0 Å². The van der Waals surface area contributed by atoms with Gasteiger partial charge in [0.05, 0.1) is 0 Å². The number of fused-ring (bicyclic) bond motifs is 2. The van der Waals surface area contributed by atoms with Gasteiger partial charge in [-0.05, 0) is 31.6 Å². The number of ether oxygens (including phenoxy) is 1. The van der Waals surface area contributed by atoms with E-state index in [1.165, 1.54) is 4.68 Å². The molecule has 3 atom stereocenters. The van der Waals surface area contributed by atoms with Gasteiger partial charge in [-0.2, -0.15) is 4.98 Å². The summed E-state index contributed by atoms with van der Waals surface area (Å²) in [4.78, 5) is 15.3. The summed E-state index contributed by atoms with van der Waals surface area (Å²) in [5, 5.41) is 7.84. The number of benzene rings is 1. The monoisotopic (exact) mass is 427 g/mol. The Bertz CT molecular complexity index is 1070. The first-order chi connectivity index (χ1) is 14.9. The lowest BCUT2D eigenvalue weighted by molar-refractivity contribution is 0.374. The van der Waals surface area contributed by atoms with Crippen LogP contribution in [0.4, 0.5) is 20.5 Å². The van der Waals surface area contributed by atoms with Gasteiger partial charge in [0.15, 0.2) is 0 Å². The molecule has 2 bridgehead atoms. The molecule has 2 aromatic heterocycles. The summed E-state index contributed by atoms with van der Waals surface area (Å²) in [6.07, 6.45) is 3.87. The van der Waals surface area contributed by atoms with E-state index in [9.17, 15) is 8.78 Å². The van der Waals surface area contributed by atoms with Crippen molar-refractivity contribution >= 4 is 11.8 Å². The van der Waals surface area contributed by atoms with Gasteiger partial charge in [-0.15, -0.1) is 5.10 Å². The average Bonchev–Trinajstić information content (AvgIpc) is 3.15. The smallest absolute Gasteiger partial charge is 0.321 e. The second-order valence-corrected chi connectivity index (χ2v) is 8.24. The number of rotatable bonds is 5. The Hall–Kier alpha value is -3.30. The second-order valence-electron chi connectivity index (χ2n) is 8.24. The van der Waals surface area contributed by atoms with E-state index in [4.69, 9.17) is 4.74 Å². The minimum absolute atomic E-state index is 0.0353. The van der Waals surface area contributed by atoms with Crippen LogP contribution in [0.25, 0.3) is 0 Å². The first kappa shape index (κ1) is 19.7. The lowest BCUT2D eigenvalue weighted by atomic mass is 9.92. The number of hydrogen-bond donors (Lipinski definition) is 1. The fourth-order valence-electron chi connectivity index (χ4n) is 4.62. The minimum Gasteiger partial charge on any atom is -0.424 e. The third-order valence-electron chi connectivity index (χ3n) is 6.01. The van der Waals surface area contributed by atoms with Crippen LogP contribution in [0.3, 0.4) is 0 Å². The predicted molar refractivity (Wildman–Crippen MR) is 110 cm³/mol. The Morgan fingerprint density at radius 3 is 2.42 bits per heavy atom. The summed E-state index contributed by atoms with van der Waals surface area (Å²) in [7, 11) is 1.68. The third-order valence-corrected chi connectivity index (χ3v) is 6.01. The molecule has 1 N–H and O–H groups in total. The molecule has 3 aromatic rings. The molecule has 8 nitrogen and oxygen atoms in total. The maximum absolute atomic E-state index is 13.4. The highest BCUT2D eigenvalue weighted by atomic mass is 19.1. The van der Waals surface area contributed by atoms with Crippen molar-refractivity contribution in [1.29, 1.82) is 0 Å². The normalized spacial score (nSPS) is 22.6. The molecular weight excluding hydrogens is 404 g/mol. The largest absolute Gasteiger partial charge is 0.424 e. The van der Waals surface area contributed by atoms with E-state index in [2.05, 4.69) is 30.3 Å². The van der Waals surface area contributed by atoms with E-state index in [0.29, 0.717) is 17.8 Å². The van der Waals surface area contributed by atoms with E-state index in [0.717, 1.165) is 55.6 Å². The highest BCUT2D eigenvalue weighted by molar-refractivity contribution is 5.42. The number of halogens is 2. The molecule has 5 rings (SSSR count). The summed E-state index contributed by atoms with van der Waals surface area (Å²) < 4.78 is 33.8. The maximum atomic E-state index is 13.4. The Morgan fingerprint density at radius 1 is 1.03 bits per heavy atom. The summed E-state index contributed by atoms with van der Waals surface area (Å²) in [6, 6.07) is 5.44. The highest BCUT2D eigenvalue weighted by Gasteiger charge is 2.43. The van der Waals surface area contributed by atoms with E-state index in [1.54, 1.807) is 13.4 Å². The molecule has 0 spiro atoms. The third kappa shape index (κ3) is 4.01. The van der Waals surface area contributed by atoms with E-state index >= 15 is 0 Å². The maximum Gasteiger partial charge on any atom is 0.321 e. The van der Waals surface area contributed by atoms with Crippen LogP contribution in [0.2, 0.25) is 0 Å². The predicted octanol–water partition coefficient (Wildman–Crippen LogP) is 3.31. The van der Waals surface area contributed by atoms with Crippen LogP contribution in [0.5, 0.6) is 11.8 Å². The van der Waals surface area contributed by atoms with Crippen LogP contribution in [-0.2, 0) is 7.05 Å². The number of aryl methyl sites for hydroxylation is 2. The molecule has 1 aliphatic carbocycles. The van der Waals surface area contributed by atoms with Gasteiger partial charge in [0, 0.05) is 56.1 Å². The van der Waals surface area contributed by atoms with Gasteiger partial charge in [-0.3, -0.25) is 0 Å². The molecule has 1 aliphatic heterocycles. The van der Waals surface area contributed by atoms with Crippen LogP contribution in [0, 0.1) is 30.4 Å². The number of nitrogens with one attached hydrogen (secondary N) is 1. The number of piperidine rings is 1. The van der Waals surface area contributed by atoms with Gasteiger partial charge < -0.3 is 15.0 Å². The van der Waals surface area contributed by atoms with Crippen molar-refractivity contribution < 1.29 is 13.5 Å². The Morgan fingerprint density at radius 2 is 1.74 bits per heavy atom.